The predicted molar refractivity (Wildman–Crippen MR) is 74.8 cm³/mol. The number of carboxylic acid groups (broad SMARTS) is 1. The molecule has 0 atom stereocenters. The van der Waals surface area contributed by atoms with Crippen LogP contribution in [0.15, 0.2) is 42.5 Å². The molecule has 2 rings (SSSR count). The van der Waals surface area contributed by atoms with Gasteiger partial charge < -0.3 is 9.84 Å². The van der Waals surface area contributed by atoms with E-state index in [9.17, 15) is 4.79 Å². The molecule has 3 nitrogen and oxygen atoms in total. The average Bonchev–Trinajstić information content (AvgIpc) is 2.40. The van der Waals surface area contributed by atoms with Crippen molar-refractivity contribution in [3.05, 3.63) is 53.1 Å². The van der Waals surface area contributed by atoms with E-state index in [1.807, 2.05) is 30.3 Å². The quantitative estimate of drug-likeness (QED) is 0.927. The van der Waals surface area contributed by atoms with Crippen molar-refractivity contribution in [3.63, 3.8) is 0 Å². The lowest BCUT2D eigenvalue weighted by Gasteiger charge is -2.10. The molecule has 0 aromatic heterocycles. The summed E-state index contributed by atoms with van der Waals surface area (Å²) in [5, 5.41) is 9.23. The first-order valence-corrected chi connectivity index (χ1v) is 6.13. The maximum atomic E-state index is 10.7. The van der Waals surface area contributed by atoms with Gasteiger partial charge in [0.1, 0.15) is 5.75 Å². The SMILES string of the molecule is COc1ccccc1-c1ccc(CC(=O)O)c(Cl)c1. The van der Waals surface area contributed by atoms with E-state index in [0.717, 1.165) is 16.9 Å². The Hall–Kier alpha value is -2.00. The van der Waals surface area contributed by atoms with E-state index in [-0.39, 0.29) is 6.42 Å². The number of hydrogen-bond acceptors (Lipinski definition) is 2. The zero-order valence-corrected chi connectivity index (χ0v) is 11.1. The van der Waals surface area contributed by atoms with E-state index in [1.165, 1.54) is 0 Å². The van der Waals surface area contributed by atoms with Gasteiger partial charge >= 0.3 is 5.97 Å². The molecule has 0 aliphatic carbocycles. The van der Waals surface area contributed by atoms with Crippen LogP contribution in [0.2, 0.25) is 5.02 Å². The highest BCUT2D eigenvalue weighted by atomic mass is 35.5. The summed E-state index contributed by atoms with van der Waals surface area (Å²) in [5.74, 6) is -0.142. The summed E-state index contributed by atoms with van der Waals surface area (Å²) in [5.41, 5.74) is 2.43. The van der Waals surface area contributed by atoms with Crippen LogP contribution in [0.25, 0.3) is 11.1 Å². The van der Waals surface area contributed by atoms with Gasteiger partial charge in [-0.15, -0.1) is 0 Å². The molecule has 2 aromatic carbocycles. The third-order valence-corrected chi connectivity index (χ3v) is 3.16. The predicted octanol–water partition coefficient (Wildman–Crippen LogP) is 3.64. The van der Waals surface area contributed by atoms with Crippen molar-refractivity contribution < 1.29 is 14.6 Å². The number of carbonyl (C=O) groups is 1. The minimum absolute atomic E-state index is 0.0783. The standard InChI is InChI=1S/C15H13ClO3/c1-19-14-5-3-2-4-12(14)10-6-7-11(9-15(17)18)13(16)8-10/h2-8H,9H2,1H3,(H,17,18). The molecule has 0 bridgehead atoms. The molecule has 0 unspecified atom stereocenters. The van der Waals surface area contributed by atoms with Gasteiger partial charge in [0.05, 0.1) is 13.5 Å². The fraction of sp³-hybridized carbons (Fsp3) is 0.133. The van der Waals surface area contributed by atoms with Crippen molar-refractivity contribution in [1.29, 1.82) is 0 Å². The van der Waals surface area contributed by atoms with E-state index in [2.05, 4.69) is 0 Å². The summed E-state index contributed by atoms with van der Waals surface area (Å²) in [6.07, 6.45) is -0.0783. The van der Waals surface area contributed by atoms with Crippen molar-refractivity contribution in [2.75, 3.05) is 7.11 Å². The first-order valence-electron chi connectivity index (χ1n) is 5.75. The van der Waals surface area contributed by atoms with Crippen LogP contribution in [-0.4, -0.2) is 18.2 Å². The van der Waals surface area contributed by atoms with Gasteiger partial charge in [0.2, 0.25) is 0 Å². The Morgan fingerprint density at radius 2 is 2.00 bits per heavy atom. The van der Waals surface area contributed by atoms with Crippen LogP contribution < -0.4 is 4.74 Å². The van der Waals surface area contributed by atoms with Gasteiger partial charge in [0, 0.05) is 10.6 Å². The van der Waals surface area contributed by atoms with Crippen LogP contribution in [0.4, 0.5) is 0 Å². The summed E-state index contributed by atoms with van der Waals surface area (Å²) in [6, 6.07) is 13.0. The lowest BCUT2D eigenvalue weighted by atomic mass is 10.0. The van der Waals surface area contributed by atoms with Crippen molar-refractivity contribution in [2.24, 2.45) is 0 Å². The van der Waals surface area contributed by atoms with Gasteiger partial charge in [-0.3, -0.25) is 4.79 Å². The van der Waals surface area contributed by atoms with E-state index >= 15 is 0 Å². The number of methoxy groups -OCH3 is 1. The highest BCUT2D eigenvalue weighted by molar-refractivity contribution is 6.31. The van der Waals surface area contributed by atoms with Crippen LogP contribution in [0.1, 0.15) is 5.56 Å². The smallest absolute Gasteiger partial charge is 0.307 e. The molecule has 4 heteroatoms. The van der Waals surface area contributed by atoms with E-state index in [4.69, 9.17) is 21.4 Å². The molecule has 0 saturated carbocycles. The number of rotatable bonds is 4. The summed E-state index contributed by atoms with van der Waals surface area (Å²) in [4.78, 5) is 10.7. The second kappa shape index (κ2) is 5.76. The first-order chi connectivity index (χ1) is 9.11. The Kier molecular flexibility index (Phi) is 4.07. The van der Waals surface area contributed by atoms with Crippen LogP contribution in [0.3, 0.4) is 0 Å². The third-order valence-electron chi connectivity index (χ3n) is 2.81. The van der Waals surface area contributed by atoms with Crippen molar-refractivity contribution in [1.82, 2.24) is 0 Å². The molecule has 0 heterocycles. The van der Waals surface area contributed by atoms with Crippen LogP contribution >= 0.6 is 11.6 Å². The fourth-order valence-corrected chi connectivity index (χ4v) is 2.15. The lowest BCUT2D eigenvalue weighted by molar-refractivity contribution is -0.136. The molecule has 98 valence electrons. The number of hydrogen-bond donors (Lipinski definition) is 1. The summed E-state index contributed by atoms with van der Waals surface area (Å²) in [6.45, 7) is 0. The Morgan fingerprint density at radius 1 is 1.26 bits per heavy atom. The largest absolute Gasteiger partial charge is 0.496 e. The van der Waals surface area contributed by atoms with Crippen LogP contribution in [0.5, 0.6) is 5.75 Å². The molecule has 0 amide bonds. The number of halogens is 1. The highest BCUT2D eigenvalue weighted by Gasteiger charge is 2.09. The Labute approximate surface area is 116 Å². The molecule has 0 radical (unpaired) electrons. The second-order valence-corrected chi connectivity index (χ2v) is 4.48. The first kappa shape index (κ1) is 13.4. The molecule has 0 fully saturated rings. The molecule has 0 spiro atoms. The highest BCUT2D eigenvalue weighted by Crippen LogP contribution is 2.32. The Bertz CT molecular complexity index is 608. The molecule has 0 saturated heterocycles. The van der Waals surface area contributed by atoms with E-state index in [0.29, 0.717) is 10.6 Å². The maximum Gasteiger partial charge on any atom is 0.307 e. The zero-order valence-electron chi connectivity index (χ0n) is 10.4. The molecule has 0 aliphatic heterocycles. The average molecular weight is 277 g/mol. The van der Waals surface area contributed by atoms with Gasteiger partial charge in [-0.25, -0.2) is 0 Å². The monoisotopic (exact) mass is 276 g/mol. The molecular weight excluding hydrogens is 264 g/mol. The van der Waals surface area contributed by atoms with Crippen LogP contribution in [-0.2, 0) is 11.2 Å². The maximum absolute atomic E-state index is 10.7. The summed E-state index contributed by atoms with van der Waals surface area (Å²) >= 11 is 6.11. The van der Waals surface area contributed by atoms with Gasteiger partial charge in [0.25, 0.3) is 0 Å². The molecule has 0 aliphatic rings. The van der Waals surface area contributed by atoms with E-state index < -0.39 is 5.97 Å². The third kappa shape index (κ3) is 3.06. The number of benzene rings is 2. The molecule has 1 N–H and O–H groups in total. The van der Waals surface area contributed by atoms with Crippen molar-refractivity contribution in [3.8, 4) is 16.9 Å². The Morgan fingerprint density at radius 3 is 2.63 bits per heavy atom. The minimum Gasteiger partial charge on any atom is -0.496 e. The van der Waals surface area contributed by atoms with Gasteiger partial charge in [-0.2, -0.15) is 0 Å². The normalized spacial score (nSPS) is 10.2. The van der Waals surface area contributed by atoms with Crippen LogP contribution in [0, 0.1) is 0 Å². The fourth-order valence-electron chi connectivity index (χ4n) is 1.90. The van der Waals surface area contributed by atoms with Crippen molar-refractivity contribution >= 4 is 17.6 Å². The lowest BCUT2D eigenvalue weighted by Crippen LogP contribution is -2.00. The second-order valence-electron chi connectivity index (χ2n) is 4.08. The minimum atomic E-state index is -0.896. The van der Waals surface area contributed by atoms with Gasteiger partial charge in [-0.1, -0.05) is 41.9 Å². The number of aliphatic carboxylic acids is 1. The van der Waals surface area contributed by atoms with Gasteiger partial charge in [-0.05, 0) is 23.3 Å². The summed E-state index contributed by atoms with van der Waals surface area (Å²) in [7, 11) is 1.61. The number of para-hydroxylation sites is 1. The molecule has 2 aromatic rings. The molecular formula is C15H13ClO3. The Balaban J connectivity index is 2.41. The zero-order chi connectivity index (χ0) is 13.8. The van der Waals surface area contributed by atoms with Crippen molar-refractivity contribution in [2.45, 2.75) is 6.42 Å². The van der Waals surface area contributed by atoms with E-state index in [1.54, 1.807) is 19.2 Å². The number of ether oxygens (including phenoxy) is 1. The molecule has 19 heavy (non-hydrogen) atoms. The van der Waals surface area contributed by atoms with Gasteiger partial charge in [0.15, 0.2) is 0 Å². The number of carboxylic acids is 1. The topological polar surface area (TPSA) is 46.5 Å². The summed E-state index contributed by atoms with van der Waals surface area (Å²) < 4.78 is 5.30.